The number of nitrogens with one attached hydrogen (secondary N) is 1. The highest BCUT2D eigenvalue weighted by Crippen LogP contribution is 2.26. The summed E-state index contributed by atoms with van der Waals surface area (Å²) >= 11 is 3.44. The maximum Gasteiger partial charge on any atom is 0.407 e. The first-order chi connectivity index (χ1) is 9.73. The van der Waals surface area contributed by atoms with Gasteiger partial charge in [-0.3, -0.25) is 4.68 Å². The van der Waals surface area contributed by atoms with Crippen molar-refractivity contribution in [1.29, 1.82) is 0 Å². The summed E-state index contributed by atoms with van der Waals surface area (Å²) in [7, 11) is 1.87. The fourth-order valence-corrected chi connectivity index (χ4v) is 2.58. The number of aromatic nitrogens is 2. The second-order valence-corrected chi connectivity index (χ2v) is 7.20. The average molecular weight is 360 g/mol. The highest BCUT2D eigenvalue weighted by Gasteiger charge is 2.32. The van der Waals surface area contributed by atoms with Crippen molar-refractivity contribution in [3.8, 4) is 0 Å². The topological polar surface area (TPSA) is 65.4 Å². The Balaban J connectivity index is 1.65. The number of carbonyl (C=O) groups excluding carboxylic acids is 1. The molecule has 2 rings (SSSR count). The number of nitrogens with zero attached hydrogens (tertiary/aromatic N) is 2. The number of halogens is 1. The first kappa shape index (κ1) is 16.3. The van der Waals surface area contributed by atoms with Gasteiger partial charge < -0.3 is 14.8 Å². The van der Waals surface area contributed by atoms with Crippen molar-refractivity contribution in [2.24, 2.45) is 7.05 Å². The van der Waals surface area contributed by atoms with Crippen LogP contribution in [0.3, 0.4) is 0 Å². The zero-order valence-electron chi connectivity index (χ0n) is 12.9. The lowest BCUT2D eigenvalue weighted by molar-refractivity contribution is -0.0305. The van der Waals surface area contributed by atoms with Gasteiger partial charge in [0.25, 0.3) is 0 Å². The van der Waals surface area contributed by atoms with Gasteiger partial charge in [-0.15, -0.1) is 0 Å². The van der Waals surface area contributed by atoms with E-state index >= 15 is 0 Å². The van der Waals surface area contributed by atoms with E-state index in [0.29, 0.717) is 6.61 Å². The molecular formula is C14H22BrN3O3. The summed E-state index contributed by atoms with van der Waals surface area (Å²) in [5.74, 6) is 0. The lowest BCUT2D eigenvalue weighted by Gasteiger charge is -2.35. The van der Waals surface area contributed by atoms with Gasteiger partial charge in [0.2, 0.25) is 0 Å². The van der Waals surface area contributed by atoms with Crippen LogP contribution in [0.4, 0.5) is 4.79 Å². The molecule has 0 aromatic carbocycles. The van der Waals surface area contributed by atoms with Crippen LogP contribution in [0.2, 0.25) is 0 Å². The Bertz CT molecular complexity index is 504. The van der Waals surface area contributed by atoms with Crippen molar-refractivity contribution in [3.63, 3.8) is 0 Å². The third-order valence-corrected chi connectivity index (χ3v) is 3.79. The van der Waals surface area contributed by atoms with Crippen molar-refractivity contribution in [2.45, 2.75) is 58.0 Å². The molecule has 1 fully saturated rings. The molecule has 0 unspecified atom stereocenters. The Morgan fingerprint density at radius 3 is 2.71 bits per heavy atom. The van der Waals surface area contributed by atoms with Gasteiger partial charge >= 0.3 is 6.09 Å². The molecular weight excluding hydrogens is 338 g/mol. The first-order valence-electron chi connectivity index (χ1n) is 7.02. The summed E-state index contributed by atoms with van der Waals surface area (Å²) in [6.45, 7) is 6.03. The molecule has 1 aliphatic carbocycles. The lowest BCUT2D eigenvalue weighted by atomic mass is 9.89. The Hall–Kier alpha value is -1.08. The van der Waals surface area contributed by atoms with Crippen LogP contribution in [0.5, 0.6) is 0 Å². The SMILES string of the molecule is Cn1cc(Br)c(COC2CC(NC(=O)OC(C)(C)C)C2)n1. The van der Waals surface area contributed by atoms with Gasteiger partial charge in [-0.25, -0.2) is 4.79 Å². The maximum absolute atomic E-state index is 11.6. The van der Waals surface area contributed by atoms with Crippen LogP contribution in [-0.4, -0.2) is 33.6 Å². The van der Waals surface area contributed by atoms with Gasteiger partial charge in [0.15, 0.2) is 0 Å². The van der Waals surface area contributed by atoms with E-state index in [2.05, 4.69) is 26.3 Å². The number of amides is 1. The summed E-state index contributed by atoms with van der Waals surface area (Å²) < 4.78 is 13.7. The van der Waals surface area contributed by atoms with E-state index in [4.69, 9.17) is 9.47 Å². The number of hydrogen-bond donors (Lipinski definition) is 1. The zero-order valence-corrected chi connectivity index (χ0v) is 14.4. The molecule has 1 amide bonds. The number of rotatable bonds is 4. The van der Waals surface area contributed by atoms with Crippen LogP contribution < -0.4 is 5.32 Å². The van der Waals surface area contributed by atoms with Gasteiger partial charge in [-0.1, -0.05) is 0 Å². The van der Waals surface area contributed by atoms with E-state index in [-0.39, 0.29) is 18.2 Å². The maximum atomic E-state index is 11.6. The monoisotopic (exact) mass is 359 g/mol. The van der Waals surface area contributed by atoms with Crippen LogP contribution >= 0.6 is 15.9 Å². The number of aryl methyl sites for hydroxylation is 1. The summed E-state index contributed by atoms with van der Waals surface area (Å²) in [4.78, 5) is 11.6. The molecule has 0 bridgehead atoms. The van der Waals surface area contributed by atoms with Crippen molar-refractivity contribution in [2.75, 3.05) is 0 Å². The minimum atomic E-state index is -0.463. The van der Waals surface area contributed by atoms with Crippen LogP contribution in [0.25, 0.3) is 0 Å². The van der Waals surface area contributed by atoms with E-state index < -0.39 is 5.60 Å². The minimum Gasteiger partial charge on any atom is -0.444 e. The minimum absolute atomic E-state index is 0.136. The second-order valence-electron chi connectivity index (χ2n) is 6.34. The molecule has 6 nitrogen and oxygen atoms in total. The average Bonchev–Trinajstić information content (AvgIpc) is 2.58. The van der Waals surface area contributed by atoms with Gasteiger partial charge in [-0.2, -0.15) is 5.10 Å². The Labute approximate surface area is 133 Å². The largest absolute Gasteiger partial charge is 0.444 e. The molecule has 1 aromatic heterocycles. The molecule has 1 N–H and O–H groups in total. The van der Waals surface area contributed by atoms with Crippen LogP contribution in [0.1, 0.15) is 39.3 Å². The number of hydrogen-bond acceptors (Lipinski definition) is 4. The van der Waals surface area contributed by atoms with E-state index in [9.17, 15) is 4.79 Å². The Kier molecular flexibility index (Phi) is 4.93. The third-order valence-electron chi connectivity index (χ3n) is 3.13. The number of ether oxygens (including phenoxy) is 2. The molecule has 7 heteroatoms. The molecule has 0 radical (unpaired) electrons. The zero-order chi connectivity index (χ0) is 15.6. The van der Waals surface area contributed by atoms with Gasteiger partial charge in [0.05, 0.1) is 17.2 Å². The quantitative estimate of drug-likeness (QED) is 0.897. The Morgan fingerprint density at radius 1 is 1.52 bits per heavy atom. The fraction of sp³-hybridized carbons (Fsp3) is 0.714. The summed E-state index contributed by atoms with van der Waals surface area (Å²) in [5, 5.41) is 7.15. The second kappa shape index (κ2) is 6.36. The molecule has 1 aliphatic rings. The number of alkyl carbamates (subject to hydrolysis) is 1. The van der Waals surface area contributed by atoms with Crippen molar-refractivity contribution in [3.05, 3.63) is 16.4 Å². The van der Waals surface area contributed by atoms with Gasteiger partial charge in [0.1, 0.15) is 11.3 Å². The molecule has 1 aromatic rings. The summed E-state index contributed by atoms with van der Waals surface area (Å²) in [6, 6.07) is 0.136. The van der Waals surface area contributed by atoms with Crippen LogP contribution in [0.15, 0.2) is 10.7 Å². The molecule has 0 atom stereocenters. The third kappa shape index (κ3) is 5.00. The molecule has 118 valence electrons. The summed E-state index contributed by atoms with van der Waals surface area (Å²) in [6.07, 6.45) is 3.32. The van der Waals surface area contributed by atoms with E-state index in [1.165, 1.54) is 0 Å². The molecule has 0 saturated heterocycles. The summed E-state index contributed by atoms with van der Waals surface area (Å²) in [5.41, 5.74) is 0.427. The fourth-order valence-electron chi connectivity index (χ4n) is 2.09. The van der Waals surface area contributed by atoms with Crippen LogP contribution in [-0.2, 0) is 23.1 Å². The van der Waals surface area contributed by atoms with Gasteiger partial charge in [0, 0.05) is 19.3 Å². The first-order valence-corrected chi connectivity index (χ1v) is 7.81. The predicted octanol–water partition coefficient (Wildman–Crippen LogP) is 2.75. The van der Waals surface area contributed by atoms with E-state index in [0.717, 1.165) is 23.0 Å². The van der Waals surface area contributed by atoms with E-state index in [1.54, 1.807) is 4.68 Å². The highest BCUT2D eigenvalue weighted by atomic mass is 79.9. The molecule has 1 saturated carbocycles. The number of carbonyl (C=O) groups is 1. The molecule has 1 heterocycles. The smallest absolute Gasteiger partial charge is 0.407 e. The van der Waals surface area contributed by atoms with Crippen molar-refractivity contribution < 1.29 is 14.3 Å². The highest BCUT2D eigenvalue weighted by molar-refractivity contribution is 9.10. The Morgan fingerprint density at radius 2 is 2.19 bits per heavy atom. The van der Waals surface area contributed by atoms with Gasteiger partial charge in [-0.05, 0) is 49.5 Å². The van der Waals surface area contributed by atoms with Crippen molar-refractivity contribution in [1.82, 2.24) is 15.1 Å². The lowest BCUT2D eigenvalue weighted by Crippen LogP contribution is -2.49. The van der Waals surface area contributed by atoms with Crippen molar-refractivity contribution >= 4 is 22.0 Å². The molecule has 0 spiro atoms. The normalized spacial score (nSPS) is 21.8. The van der Waals surface area contributed by atoms with E-state index in [1.807, 2.05) is 34.0 Å². The molecule has 0 aliphatic heterocycles. The standard InChI is InChI=1S/C14H22BrN3O3/c1-14(2,3)21-13(19)16-9-5-10(6-9)20-8-12-11(15)7-18(4)17-12/h7,9-10H,5-6,8H2,1-4H3,(H,16,19). The molecule has 21 heavy (non-hydrogen) atoms. The predicted molar refractivity (Wildman–Crippen MR) is 81.9 cm³/mol. The van der Waals surface area contributed by atoms with Crippen LogP contribution in [0, 0.1) is 0 Å².